The highest BCUT2D eigenvalue weighted by atomic mass is 19.1. The van der Waals surface area contributed by atoms with Gasteiger partial charge >= 0.3 is 0 Å². The van der Waals surface area contributed by atoms with Crippen LogP contribution in [0, 0.1) is 0 Å². The Balaban J connectivity index is 2.07. The molecule has 0 radical (unpaired) electrons. The molecule has 0 aliphatic heterocycles. The summed E-state index contributed by atoms with van der Waals surface area (Å²) >= 11 is 0. The molecular weight excluding hydrogens is 301 g/mol. The fourth-order valence-electron chi connectivity index (χ4n) is 2.27. The average Bonchev–Trinajstić information content (AvgIpc) is 2.95. The van der Waals surface area contributed by atoms with E-state index >= 15 is 0 Å². The average molecular weight is 315 g/mol. The Labute approximate surface area is 131 Å². The molecule has 0 bridgehead atoms. The lowest BCUT2D eigenvalue weighted by atomic mass is 10.1. The van der Waals surface area contributed by atoms with Crippen LogP contribution < -0.4 is 10.3 Å². The Morgan fingerprint density at radius 3 is 2.61 bits per heavy atom. The number of aryl methyl sites for hydroxylation is 1. The lowest BCUT2D eigenvalue weighted by molar-refractivity contribution is 0.192. The summed E-state index contributed by atoms with van der Waals surface area (Å²) in [5.74, 6) is 0.257. The van der Waals surface area contributed by atoms with E-state index in [4.69, 9.17) is 4.74 Å². The predicted molar refractivity (Wildman–Crippen MR) is 82.5 cm³/mol. The van der Waals surface area contributed by atoms with Crippen molar-refractivity contribution in [2.45, 2.75) is 0 Å². The lowest BCUT2D eigenvalue weighted by Gasteiger charge is -2.10. The number of ether oxygens (including phenoxy) is 1. The van der Waals surface area contributed by atoms with Crippen LogP contribution in [0.25, 0.3) is 16.8 Å². The summed E-state index contributed by atoms with van der Waals surface area (Å²) < 4.78 is 19.9. The van der Waals surface area contributed by atoms with Gasteiger partial charge in [-0.25, -0.2) is 4.39 Å². The molecule has 0 spiro atoms. The number of halogens is 1. The third-order valence-electron chi connectivity index (χ3n) is 3.38. The molecule has 0 atom stereocenters. The largest absolute Gasteiger partial charge is 0.507 e. The van der Waals surface area contributed by atoms with Crippen LogP contribution in [0.15, 0.2) is 53.7 Å². The van der Waals surface area contributed by atoms with Crippen molar-refractivity contribution in [2.24, 2.45) is 7.05 Å². The van der Waals surface area contributed by atoms with Crippen molar-refractivity contribution in [1.29, 1.82) is 0 Å². The van der Waals surface area contributed by atoms with E-state index in [2.05, 4.69) is 5.10 Å². The Morgan fingerprint density at radius 2 is 2.00 bits per heavy atom. The van der Waals surface area contributed by atoms with E-state index in [-0.39, 0.29) is 11.3 Å². The molecule has 0 aliphatic rings. The van der Waals surface area contributed by atoms with Crippen molar-refractivity contribution >= 4 is 0 Å². The van der Waals surface area contributed by atoms with E-state index in [1.165, 1.54) is 4.57 Å². The molecule has 118 valence electrons. The summed E-state index contributed by atoms with van der Waals surface area (Å²) in [5.41, 5.74) is 1.37. The quantitative estimate of drug-likeness (QED) is 0.802. The fraction of sp³-hybridized carbons (Fsp3) is 0.125. The number of nitrogens with zero attached hydrogens (tertiary/aromatic N) is 3. The van der Waals surface area contributed by atoms with Gasteiger partial charge in [-0.05, 0) is 24.3 Å². The van der Waals surface area contributed by atoms with Gasteiger partial charge in [0.1, 0.15) is 11.5 Å². The molecule has 7 heteroatoms. The van der Waals surface area contributed by atoms with Gasteiger partial charge in [0, 0.05) is 42.3 Å². The van der Waals surface area contributed by atoms with Crippen LogP contribution in [-0.4, -0.2) is 26.3 Å². The first-order chi connectivity index (χ1) is 11.1. The number of aromatic hydroxyl groups is 1. The van der Waals surface area contributed by atoms with Crippen molar-refractivity contribution in [3.05, 3.63) is 59.3 Å². The second-order valence-corrected chi connectivity index (χ2v) is 4.93. The molecule has 23 heavy (non-hydrogen) atoms. The number of alkyl halides is 1. The maximum Gasteiger partial charge on any atom is 0.258 e. The van der Waals surface area contributed by atoms with Gasteiger partial charge in [-0.15, -0.1) is 0 Å². The third kappa shape index (κ3) is 2.94. The van der Waals surface area contributed by atoms with E-state index in [1.54, 1.807) is 54.6 Å². The predicted octanol–water partition coefficient (Wildman–Crippen LogP) is 2.25. The summed E-state index contributed by atoms with van der Waals surface area (Å²) in [6.45, 7) is -0.913. The summed E-state index contributed by atoms with van der Waals surface area (Å²) in [7, 11) is 1.76. The Morgan fingerprint density at radius 1 is 1.26 bits per heavy atom. The number of benzene rings is 1. The summed E-state index contributed by atoms with van der Waals surface area (Å²) in [5, 5.41) is 14.1. The summed E-state index contributed by atoms with van der Waals surface area (Å²) in [6, 6.07) is 7.55. The second-order valence-electron chi connectivity index (χ2n) is 4.93. The highest BCUT2D eigenvalue weighted by molar-refractivity contribution is 5.68. The molecule has 0 fully saturated rings. The SMILES string of the molecule is Cn1cc(-c2cn(-c3ccc(OCF)cc3)c(=O)cc2O)cn1. The first-order valence-corrected chi connectivity index (χ1v) is 6.82. The van der Waals surface area contributed by atoms with Crippen LogP contribution >= 0.6 is 0 Å². The van der Waals surface area contributed by atoms with Gasteiger partial charge in [-0.2, -0.15) is 5.10 Å². The Kier molecular flexibility index (Phi) is 3.84. The van der Waals surface area contributed by atoms with Gasteiger partial charge in [0.25, 0.3) is 5.56 Å². The molecule has 0 saturated heterocycles. The van der Waals surface area contributed by atoms with Gasteiger partial charge in [0.2, 0.25) is 6.86 Å². The van der Waals surface area contributed by atoms with Gasteiger partial charge in [-0.3, -0.25) is 14.0 Å². The Bertz CT molecular complexity index is 884. The monoisotopic (exact) mass is 315 g/mol. The maximum absolute atomic E-state index is 12.1. The fourth-order valence-corrected chi connectivity index (χ4v) is 2.27. The van der Waals surface area contributed by atoms with Crippen LogP contribution in [0.1, 0.15) is 0 Å². The Hall–Kier alpha value is -3.09. The standard InChI is InChI=1S/C16H14FN3O3/c1-19-8-11(7-18-19)14-9-20(16(22)6-15(14)21)12-2-4-13(5-3-12)23-10-17/h2-9,21H,10H2,1H3. The zero-order valence-electron chi connectivity index (χ0n) is 12.3. The second kappa shape index (κ2) is 5.96. The summed E-state index contributed by atoms with van der Waals surface area (Å²) in [6.07, 6.45) is 4.88. The molecule has 0 aliphatic carbocycles. The molecule has 1 aromatic carbocycles. The van der Waals surface area contributed by atoms with Crippen molar-refractivity contribution in [3.8, 4) is 28.3 Å². The molecule has 3 rings (SSSR count). The van der Waals surface area contributed by atoms with Crippen LogP contribution in [-0.2, 0) is 7.05 Å². The molecule has 2 aromatic heterocycles. The summed E-state index contributed by atoms with van der Waals surface area (Å²) in [4.78, 5) is 12.1. The molecule has 0 saturated carbocycles. The first kappa shape index (κ1) is 14.8. The number of rotatable bonds is 4. The van der Waals surface area contributed by atoms with E-state index in [0.717, 1.165) is 6.07 Å². The molecule has 2 heterocycles. The lowest BCUT2D eigenvalue weighted by Crippen LogP contribution is -2.16. The van der Waals surface area contributed by atoms with E-state index < -0.39 is 6.86 Å². The van der Waals surface area contributed by atoms with Gasteiger partial charge in [-0.1, -0.05) is 0 Å². The molecule has 6 nitrogen and oxygen atoms in total. The normalized spacial score (nSPS) is 10.7. The number of aromatic nitrogens is 3. The number of hydrogen-bond acceptors (Lipinski definition) is 4. The van der Waals surface area contributed by atoms with Crippen molar-refractivity contribution in [3.63, 3.8) is 0 Å². The smallest absolute Gasteiger partial charge is 0.258 e. The van der Waals surface area contributed by atoms with Crippen molar-refractivity contribution in [2.75, 3.05) is 6.86 Å². The van der Waals surface area contributed by atoms with Crippen molar-refractivity contribution < 1.29 is 14.2 Å². The molecule has 0 unspecified atom stereocenters. The van der Waals surface area contributed by atoms with Crippen molar-refractivity contribution in [1.82, 2.24) is 14.3 Å². The van der Waals surface area contributed by atoms with Crippen LogP contribution in [0.2, 0.25) is 0 Å². The topological polar surface area (TPSA) is 69.3 Å². The molecule has 3 aromatic rings. The molecular formula is C16H14FN3O3. The van der Waals surface area contributed by atoms with E-state index in [1.807, 2.05) is 0 Å². The maximum atomic E-state index is 12.1. The van der Waals surface area contributed by atoms with E-state index in [0.29, 0.717) is 22.6 Å². The number of pyridine rings is 1. The minimum atomic E-state index is -0.913. The highest BCUT2D eigenvalue weighted by Crippen LogP contribution is 2.27. The van der Waals surface area contributed by atoms with Crippen LogP contribution in [0.5, 0.6) is 11.5 Å². The third-order valence-corrected chi connectivity index (χ3v) is 3.38. The zero-order chi connectivity index (χ0) is 16.4. The highest BCUT2D eigenvalue weighted by Gasteiger charge is 2.11. The minimum absolute atomic E-state index is 0.114. The van der Waals surface area contributed by atoms with E-state index in [9.17, 15) is 14.3 Å². The van der Waals surface area contributed by atoms with Gasteiger partial charge in [0.05, 0.1) is 6.20 Å². The van der Waals surface area contributed by atoms with Crippen LogP contribution in [0.3, 0.4) is 0 Å². The molecule has 1 N–H and O–H groups in total. The van der Waals surface area contributed by atoms with Gasteiger partial charge < -0.3 is 9.84 Å². The van der Waals surface area contributed by atoms with Crippen LogP contribution in [0.4, 0.5) is 4.39 Å². The molecule has 0 amide bonds. The number of hydrogen-bond donors (Lipinski definition) is 1. The zero-order valence-corrected chi connectivity index (χ0v) is 12.3. The minimum Gasteiger partial charge on any atom is -0.507 e. The van der Waals surface area contributed by atoms with Gasteiger partial charge in [0.15, 0.2) is 0 Å². The first-order valence-electron chi connectivity index (χ1n) is 6.82.